The van der Waals surface area contributed by atoms with Crippen LogP contribution < -0.4 is 0 Å². The van der Waals surface area contributed by atoms with Gasteiger partial charge in [-0.3, -0.25) is 0 Å². The van der Waals surface area contributed by atoms with Gasteiger partial charge in [-0.1, -0.05) is 0 Å². The number of nitrogens with one attached hydrogen (secondary N) is 1. The molecule has 6 heteroatoms. The van der Waals surface area contributed by atoms with Crippen molar-refractivity contribution in [2.24, 2.45) is 0 Å². The first-order chi connectivity index (χ1) is 8.65. The van der Waals surface area contributed by atoms with E-state index < -0.39 is 5.97 Å². The summed E-state index contributed by atoms with van der Waals surface area (Å²) < 4.78 is 1.54. The zero-order valence-corrected chi connectivity index (χ0v) is 9.58. The van der Waals surface area contributed by atoms with E-state index in [1.165, 1.54) is 6.07 Å². The summed E-state index contributed by atoms with van der Waals surface area (Å²) in [5.41, 5.74) is 3.08. The van der Waals surface area contributed by atoms with Crippen molar-refractivity contribution < 1.29 is 9.90 Å². The molecule has 0 saturated heterocycles. The van der Waals surface area contributed by atoms with E-state index in [0.717, 1.165) is 17.0 Å². The van der Waals surface area contributed by atoms with Crippen LogP contribution in [0.25, 0.3) is 16.9 Å². The van der Waals surface area contributed by atoms with Crippen LogP contribution in [0.15, 0.2) is 30.6 Å². The number of aromatic nitrogens is 4. The van der Waals surface area contributed by atoms with Gasteiger partial charge in [-0.25, -0.2) is 14.3 Å². The lowest BCUT2D eigenvalue weighted by Crippen LogP contribution is -2.00. The minimum Gasteiger partial charge on any atom is -0.476 e. The van der Waals surface area contributed by atoms with Gasteiger partial charge in [0.25, 0.3) is 0 Å². The maximum Gasteiger partial charge on any atom is 0.356 e. The van der Waals surface area contributed by atoms with Gasteiger partial charge in [0.15, 0.2) is 11.3 Å². The third-order valence-electron chi connectivity index (χ3n) is 2.67. The quantitative estimate of drug-likeness (QED) is 0.716. The van der Waals surface area contributed by atoms with E-state index in [-0.39, 0.29) is 5.69 Å². The Labute approximate surface area is 102 Å². The van der Waals surface area contributed by atoms with Crippen LogP contribution in [-0.2, 0) is 0 Å². The van der Waals surface area contributed by atoms with E-state index in [1.54, 1.807) is 10.7 Å². The van der Waals surface area contributed by atoms with Gasteiger partial charge >= 0.3 is 5.97 Å². The molecule has 0 bridgehead atoms. The minimum atomic E-state index is -1.06. The number of rotatable bonds is 2. The number of fused-ring (bicyclic) bond motifs is 1. The summed E-state index contributed by atoms with van der Waals surface area (Å²) in [6.07, 6.45) is 3.63. The van der Waals surface area contributed by atoms with Gasteiger partial charge in [0.2, 0.25) is 0 Å². The van der Waals surface area contributed by atoms with Crippen LogP contribution in [0.1, 0.15) is 16.2 Å². The number of aromatic carboxylic acids is 1. The Morgan fingerprint density at radius 2 is 2.28 bits per heavy atom. The summed E-state index contributed by atoms with van der Waals surface area (Å²) >= 11 is 0. The number of H-pyrrole nitrogens is 1. The van der Waals surface area contributed by atoms with Crippen LogP contribution in [0, 0.1) is 6.92 Å². The fourth-order valence-corrected chi connectivity index (χ4v) is 1.89. The third kappa shape index (κ3) is 1.55. The molecular weight excluding hydrogens is 232 g/mol. The van der Waals surface area contributed by atoms with Gasteiger partial charge in [0.1, 0.15) is 0 Å². The lowest BCUT2D eigenvalue weighted by molar-refractivity contribution is 0.0690. The third-order valence-corrected chi connectivity index (χ3v) is 2.67. The SMILES string of the molecule is Cc1cc(-c2cc[nH]c2)n2nc(C(=O)O)cc2n1. The first-order valence-corrected chi connectivity index (χ1v) is 5.39. The normalized spacial score (nSPS) is 10.9. The summed E-state index contributed by atoms with van der Waals surface area (Å²) in [7, 11) is 0. The van der Waals surface area contributed by atoms with Crippen molar-refractivity contribution in [1.29, 1.82) is 0 Å². The Bertz CT molecular complexity index is 728. The van der Waals surface area contributed by atoms with E-state index in [2.05, 4.69) is 15.1 Å². The molecular formula is C12H10N4O2. The number of aryl methyl sites for hydroxylation is 1. The molecule has 0 aliphatic heterocycles. The highest BCUT2D eigenvalue weighted by Gasteiger charge is 2.13. The summed E-state index contributed by atoms with van der Waals surface area (Å²) in [6, 6.07) is 5.23. The van der Waals surface area contributed by atoms with Gasteiger partial charge in [0, 0.05) is 29.7 Å². The molecule has 3 aromatic heterocycles. The van der Waals surface area contributed by atoms with Gasteiger partial charge in [0.05, 0.1) is 5.69 Å². The zero-order valence-electron chi connectivity index (χ0n) is 9.58. The molecule has 2 N–H and O–H groups in total. The second-order valence-corrected chi connectivity index (χ2v) is 3.99. The van der Waals surface area contributed by atoms with Crippen LogP contribution in [-0.4, -0.2) is 30.7 Å². The molecule has 6 nitrogen and oxygen atoms in total. The van der Waals surface area contributed by atoms with Crippen molar-refractivity contribution in [3.63, 3.8) is 0 Å². The number of carboxylic acid groups (broad SMARTS) is 1. The predicted octanol–water partition coefficient (Wildman–Crippen LogP) is 1.73. The van der Waals surface area contributed by atoms with E-state index in [4.69, 9.17) is 5.11 Å². The Hall–Kier alpha value is -2.63. The second-order valence-electron chi connectivity index (χ2n) is 3.99. The van der Waals surface area contributed by atoms with E-state index in [9.17, 15) is 4.79 Å². The maximum atomic E-state index is 10.9. The topological polar surface area (TPSA) is 83.3 Å². The number of carboxylic acids is 1. The van der Waals surface area contributed by atoms with E-state index in [1.807, 2.05) is 25.3 Å². The predicted molar refractivity (Wildman–Crippen MR) is 64.5 cm³/mol. The van der Waals surface area contributed by atoms with E-state index >= 15 is 0 Å². The molecule has 0 aromatic carbocycles. The van der Waals surface area contributed by atoms with Crippen LogP contribution in [0.5, 0.6) is 0 Å². The molecule has 0 amide bonds. The highest BCUT2D eigenvalue weighted by Crippen LogP contribution is 2.20. The van der Waals surface area contributed by atoms with Crippen LogP contribution in [0.4, 0.5) is 0 Å². The van der Waals surface area contributed by atoms with Gasteiger partial charge in [-0.2, -0.15) is 5.10 Å². The molecule has 90 valence electrons. The molecule has 0 aliphatic rings. The molecule has 18 heavy (non-hydrogen) atoms. The molecule has 3 rings (SSSR count). The molecule has 0 fully saturated rings. The second kappa shape index (κ2) is 3.69. The fraction of sp³-hybridized carbons (Fsp3) is 0.0833. The number of aromatic amines is 1. The van der Waals surface area contributed by atoms with Crippen LogP contribution in [0.3, 0.4) is 0 Å². The molecule has 0 radical (unpaired) electrons. The highest BCUT2D eigenvalue weighted by molar-refractivity contribution is 5.87. The summed E-state index contributed by atoms with van der Waals surface area (Å²) in [6.45, 7) is 1.86. The summed E-state index contributed by atoms with van der Waals surface area (Å²) in [5.74, 6) is -1.06. The molecule has 3 aromatic rings. The summed E-state index contributed by atoms with van der Waals surface area (Å²) in [4.78, 5) is 18.2. The van der Waals surface area contributed by atoms with Crippen LogP contribution >= 0.6 is 0 Å². The average Bonchev–Trinajstić information content (AvgIpc) is 2.96. The van der Waals surface area contributed by atoms with Gasteiger partial charge in [-0.15, -0.1) is 0 Å². The van der Waals surface area contributed by atoms with Crippen LogP contribution in [0.2, 0.25) is 0 Å². The number of hydrogen-bond acceptors (Lipinski definition) is 3. The van der Waals surface area contributed by atoms with Crippen molar-refractivity contribution in [3.8, 4) is 11.3 Å². The molecule has 0 saturated carbocycles. The van der Waals surface area contributed by atoms with Crippen molar-refractivity contribution in [3.05, 3.63) is 42.0 Å². The molecule has 3 heterocycles. The first-order valence-electron chi connectivity index (χ1n) is 5.39. The van der Waals surface area contributed by atoms with Crippen molar-refractivity contribution in [1.82, 2.24) is 19.6 Å². The Balaban J connectivity index is 2.33. The number of carbonyl (C=O) groups is 1. The molecule has 0 spiro atoms. The van der Waals surface area contributed by atoms with Crippen molar-refractivity contribution in [2.75, 3.05) is 0 Å². The molecule has 0 atom stereocenters. The molecule has 0 unspecified atom stereocenters. The lowest BCUT2D eigenvalue weighted by atomic mass is 10.2. The number of nitrogens with zero attached hydrogens (tertiary/aromatic N) is 3. The monoisotopic (exact) mass is 242 g/mol. The Morgan fingerprint density at radius 3 is 2.94 bits per heavy atom. The minimum absolute atomic E-state index is 0.00937. The standard InChI is InChI=1S/C12H10N4O2/c1-7-4-10(8-2-3-13-6-8)16-11(14-7)5-9(15-16)12(17)18/h2-6,13H,1H3,(H,17,18). The Morgan fingerprint density at radius 1 is 1.44 bits per heavy atom. The average molecular weight is 242 g/mol. The largest absolute Gasteiger partial charge is 0.476 e. The zero-order chi connectivity index (χ0) is 12.7. The smallest absolute Gasteiger partial charge is 0.356 e. The molecule has 0 aliphatic carbocycles. The van der Waals surface area contributed by atoms with E-state index in [0.29, 0.717) is 5.65 Å². The van der Waals surface area contributed by atoms with Crippen molar-refractivity contribution >= 4 is 11.6 Å². The van der Waals surface area contributed by atoms with Gasteiger partial charge < -0.3 is 10.1 Å². The van der Waals surface area contributed by atoms with Crippen molar-refractivity contribution in [2.45, 2.75) is 6.92 Å². The lowest BCUT2D eigenvalue weighted by Gasteiger charge is -2.03. The first kappa shape index (κ1) is 10.5. The number of hydrogen-bond donors (Lipinski definition) is 2. The summed E-state index contributed by atoms with van der Waals surface area (Å²) in [5, 5.41) is 13.0. The maximum absolute atomic E-state index is 10.9. The van der Waals surface area contributed by atoms with Gasteiger partial charge in [-0.05, 0) is 19.1 Å². The fourth-order valence-electron chi connectivity index (χ4n) is 1.89. The highest BCUT2D eigenvalue weighted by atomic mass is 16.4. The Kier molecular flexibility index (Phi) is 2.16.